The smallest absolute Gasteiger partial charge is 0.265 e. The van der Waals surface area contributed by atoms with E-state index in [2.05, 4.69) is 15.4 Å². The van der Waals surface area contributed by atoms with E-state index in [0.717, 1.165) is 17.8 Å². The van der Waals surface area contributed by atoms with Crippen LogP contribution in [0.1, 0.15) is 10.4 Å². The van der Waals surface area contributed by atoms with Gasteiger partial charge in [0, 0.05) is 38.4 Å². The monoisotopic (exact) mass is 482 g/mol. The average Bonchev–Trinajstić information content (AvgIpc) is 2.83. The number of nitrogens with one attached hydrogen (secondary N) is 3. The molecule has 180 valence electrons. The first kappa shape index (κ1) is 25.1. The third kappa shape index (κ3) is 6.06. The third-order valence-electron chi connectivity index (χ3n) is 5.12. The number of hydrogen-bond donors (Lipinski definition) is 3. The van der Waals surface area contributed by atoms with E-state index in [9.17, 15) is 13.2 Å². The van der Waals surface area contributed by atoms with Crippen LogP contribution in [0.3, 0.4) is 0 Å². The molecule has 3 N–H and O–H groups in total. The van der Waals surface area contributed by atoms with Crippen LogP contribution in [0.25, 0.3) is 11.1 Å². The number of ether oxygens (including phenoxy) is 1. The summed E-state index contributed by atoms with van der Waals surface area (Å²) in [5.41, 5.74) is 3.13. The number of amides is 1. The summed E-state index contributed by atoms with van der Waals surface area (Å²) in [6.45, 7) is 1.49. The van der Waals surface area contributed by atoms with Gasteiger partial charge >= 0.3 is 0 Å². The van der Waals surface area contributed by atoms with E-state index in [0.29, 0.717) is 23.4 Å². The van der Waals surface area contributed by atoms with Crippen molar-refractivity contribution in [1.82, 2.24) is 10.2 Å². The Morgan fingerprint density at radius 3 is 2.32 bits per heavy atom. The number of sulfonamides is 1. The number of nitrogens with zero attached hydrogens (tertiary/aromatic N) is 1. The van der Waals surface area contributed by atoms with Gasteiger partial charge in [-0.2, -0.15) is 0 Å². The Morgan fingerprint density at radius 1 is 0.912 bits per heavy atom. The minimum Gasteiger partial charge on any atom is -0.495 e. The topological polar surface area (TPSA) is 99.8 Å². The SMILES string of the molecule is CNCCNc1cccc(NS(=O)(=O)c2cc(-c3cccc(C(=O)N(C)C)c3)ccc2OC)c1. The molecule has 0 aromatic heterocycles. The Labute approximate surface area is 201 Å². The van der Waals surface area contributed by atoms with Gasteiger partial charge in [0.2, 0.25) is 0 Å². The highest BCUT2D eigenvalue weighted by atomic mass is 32.2. The summed E-state index contributed by atoms with van der Waals surface area (Å²) in [4.78, 5) is 13.9. The van der Waals surface area contributed by atoms with E-state index in [1.807, 2.05) is 19.2 Å². The second-order valence-electron chi connectivity index (χ2n) is 7.86. The lowest BCUT2D eigenvalue weighted by Crippen LogP contribution is -2.21. The van der Waals surface area contributed by atoms with Crippen molar-refractivity contribution in [2.24, 2.45) is 0 Å². The molecule has 0 heterocycles. The van der Waals surface area contributed by atoms with E-state index in [1.54, 1.807) is 68.7 Å². The van der Waals surface area contributed by atoms with Crippen molar-refractivity contribution in [2.75, 3.05) is 51.4 Å². The van der Waals surface area contributed by atoms with E-state index in [4.69, 9.17) is 4.74 Å². The fourth-order valence-corrected chi connectivity index (χ4v) is 4.64. The lowest BCUT2D eigenvalue weighted by molar-refractivity contribution is 0.0827. The second-order valence-corrected chi connectivity index (χ2v) is 9.51. The average molecular weight is 483 g/mol. The lowest BCUT2D eigenvalue weighted by atomic mass is 10.0. The first-order valence-corrected chi connectivity index (χ1v) is 12.2. The standard InChI is InChI=1S/C25H30N4O4S/c1-26-13-14-27-21-9-6-10-22(17-21)28-34(31,32)24-16-19(11-12-23(24)33-4)18-7-5-8-20(15-18)25(30)29(2)3/h5-12,15-17,26-28H,13-14H2,1-4H3. The number of methoxy groups -OCH3 is 1. The van der Waals surface area contributed by atoms with Gasteiger partial charge in [0.1, 0.15) is 10.6 Å². The minimum atomic E-state index is -3.96. The predicted molar refractivity (Wildman–Crippen MR) is 136 cm³/mol. The van der Waals surface area contributed by atoms with Gasteiger partial charge in [0.25, 0.3) is 15.9 Å². The Morgan fingerprint density at radius 2 is 1.62 bits per heavy atom. The number of likely N-dealkylation sites (N-methyl/N-ethyl adjacent to an activating group) is 1. The molecule has 0 atom stereocenters. The van der Waals surface area contributed by atoms with Crippen molar-refractivity contribution < 1.29 is 17.9 Å². The van der Waals surface area contributed by atoms with Gasteiger partial charge in [-0.3, -0.25) is 9.52 Å². The van der Waals surface area contributed by atoms with Crippen LogP contribution in [0.5, 0.6) is 5.75 Å². The molecule has 0 saturated carbocycles. The largest absolute Gasteiger partial charge is 0.495 e. The Kier molecular flexibility index (Phi) is 8.14. The molecule has 0 bridgehead atoms. The van der Waals surface area contributed by atoms with Gasteiger partial charge in [-0.15, -0.1) is 0 Å². The molecule has 34 heavy (non-hydrogen) atoms. The van der Waals surface area contributed by atoms with Crippen LogP contribution in [0.2, 0.25) is 0 Å². The molecule has 3 rings (SSSR count). The van der Waals surface area contributed by atoms with E-state index in [1.165, 1.54) is 12.0 Å². The van der Waals surface area contributed by atoms with Crippen LogP contribution in [-0.2, 0) is 10.0 Å². The van der Waals surface area contributed by atoms with Crippen molar-refractivity contribution in [3.63, 3.8) is 0 Å². The summed E-state index contributed by atoms with van der Waals surface area (Å²) in [5, 5.41) is 6.28. The number of anilines is 2. The van der Waals surface area contributed by atoms with Gasteiger partial charge in [-0.05, 0) is 60.6 Å². The maximum absolute atomic E-state index is 13.3. The zero-order chi connectivity index (χ0) is 24.7. The maximum Gasteiger partial charge on any atom is 0.265 e. The van der Waals surface area contributed by atoms with E-state index >= 15 is 0 Å². The molecule has 0 radical (unpaired) electrons. The molecule has 0 aliphatic rings. The van der Waals surface area contributed by atoms with E-state index < -0.39 is 10.0 Å². The minimum absolute atomic E-state index is 0.00499. The van der Waals surface area contributed by atoms with Crippen LogP contribution >= 0.6 is 0 Å². The van der Waals surface area contributed by atoms with Crippen molar-refractivity contribution in [3.8, 4) is 16.9 Å². The Hall–Kier alpha value is -3.56. The van der Waals surface area contributed by atoms with Crippen molar-refractivity contribution >= 4 is 27.3 Å². The first-order chi connectivity index (χ1) is 16.2. The van der Waals surface area contributed by atoms with Crippen LogP contribution in [0.15, 0.2) is 71.6 Å². The molecule has 0 fully saturated rings. The summed E-state index contributed by atoms with van der Waals surface area (Å²) in [6.07, 6.45) is 0. The summed E-state index contributed by atoms with van der Waals surface area (Å²) < 4.78 is 34.6. The van der Waals surface area contributed by atoms with Crippen molar-refractivity contribution in [2.45, 2.75) is 4.90 Å². The number of carbonyl (C=O) groups is 1. The molecular weight excluding hydrogens is 452 g/mol. The zero-order valence-electron chi connectivity index (χ0n) is 19.8. The molecule has 0 spiro atoms. The summed E-state index contributed by atoms with van der Waals surface area (Å²) in [5.74, 6) is 0.0909. The number of carbonyl (C=O) groups excluding carboxylic acids is 1. The highest BCUT2D eigenvalue weighted by molar-refractivity contribution is 7.92. The normalized spacial score (nSPS) is 11.1. The second kappa shape index (κ2) is 11.0. The van der Waals surface area contributed by atoms with Gasteiger partial charge in [-0.1, -0.05) is 24.3 Å². The van der Waals surface area contributed by atoms with E-state index in [-0.39, 0.29) is 16.6 Å². The molecule has 0 aliphatic carbocycles. The number of hydrogen-bond acceptors (Lipinski definition) is 6. The van der Waals surface area contributed by atoms with Crippen LogP contribution < -0.4 is 20.1 Å². The van der Waals surface area contributed by atoms with Gasteiger partial charge in [0.05, 0.1) is 12.8 Å². The summed E-state index contributed by atoms with van der Waals surface area (Å²) in [6, 6.07) is 19.1. The van der Waals surface area contributed by atoms with Gasteiger partial charge < -0.3 is 20.3 Å². The first-order valence-electron chi connectivity index (χ1n) is 10.8. The lowest BCUT2D eigenvalue weighted by Gasteiger charge is -2.15. The van der Waals surface area contributed by atoms with Gasteiger partial charge in [-0.25, -0.2) is 8.42 Å². The molecule has 3 aromatic rings. The van der Waals surface area contributed by atoms with Crippen molar-refractivity contribution in [1.29, 1.82) is 0 Å². The number of benzene rings is 3. The molecule has 0 aliphatic heterocycles. The van der Waals surface area contributed by atoms with Gasteiger partial charge in [0.15, 0.2) is 0 Å². The maximum atomic E-state index is 13.3. The molecule has 0 saturated heterocycles. The highest BCUT2D eigenvalue weighted by Gasteiger charge is 2.21. The highest BCUT2D eigenvalue weighted by Crippen LogP contribution is 2.32. The van der Waals surface area contributed by atoms with Crippen LogP contribution in [0.4, 0.5) is 11.4 Å². The number of rotatable bonds is 10. The zero-order valence-corrected chi connectivity index (χ0v) is 20.6. The molecule has 9 heteroatoms. The Balaban J connectivity index is 1.94. The fourth-order valence-electron chi connectivity index (χ4n) is 3.39. The third-order valence-corrected chi connectivity index (χ3v) is 6.52. The molecule has 0 unspecified atom stereocenters. The molecule has 8 nitrogen and oxygen atoms in total. The quantitative estimate of drug-likeness (QED) is 0.383. The fraction of sp³-hybridized carbons (Fsp3) is 0.240. The molecule has 3 aromatic carbocycles. The summed E-state index contributed by atoms with van der Waals surface area (Å²) in [7, 11) is 2.70. The molecule has 1 amide bonds. The van der Waals surface area contributed by atoms with Crippen LogP contribution in [0, 0.1) is 0 Å². The molecular formula is C25H30N4O4S. The van der Waals surface area contributed by atoms with Crippen molar-refractivity contribution in [3.05, 3.63) is 72.3 Å². The predicted octanol–water partition coefficient (Wildman–Crippen LogP) is 3.50. The summed E-state index contributed by atoms with van der Waals surface area (Å²) >= 11 is 0. The Bertz CT molecular complexity index is 1260. The van der Waals surface area contributed by atoms with Crippen LogP contribution in [-0.4, -0.2) is 60.6 Å².